The lowest BCUT2D eigenvalue weighted by Gasteiger charge is -2.32. The number of aldehydes is 1. The van der Waals surface area contributed by atoms with Gasteiger partial charge in [-0.25, -0.2) is 0 Å². The summed E-state index contributed by atoms with van der Waals surface area (Å²) in [6.07, 6.45) is 29.5. The van der Waals surface area contributed by atoms with Crippen molar-refractivity contribution in [2.45, 2.75) is 67.7 Å². The van der Waals surface area contributed by atoms with Gasteiger partial charge in [-0.2, -0.15) is 0 Å². The molecule has 0 aromatic carbocycles. The Balaban J connectivity index is 2.65. The highest BCUT2D eigenvalue weighted by atomic mass is 16.1. The van der Waals surface area contributed by atoms with Gasteiger partial charge < -0.3 is 0 Å². The summed E-state index contributed by atoms with van der Waals surface area (Å²) in [6.45, 7) is 15.1. The first-order chi connectivity index (χ1) is 14.7. The van der Waals surface area contributed by atoms with E-state index in [-0.39, 0.29) is 5.41 Å². The highest BCUT2D eigenvalue weighted by Crippen LogP contribution is 2.40. The van der Waals surface area contributed by atoms with Gasteiger partial charge in [0.2, 0.25) is 0 Å². The quantitative estimate of drug-likeness (QED) is 0.209. The van der Waals surface area contributed by atoms with E-state index < -0.39 is 0 Å². The van der Waals surface area contributed by atoms with Gasteiger partial charge in [0.15, 0.2) is 0 Å². The predicted molar refractivity (Wildman–Crippen MR) is 138 cm³/mol. The molecule has 166 valence electrons. The smallest absolute Gasteiger partial charge is 0.145 e. The molecule has 1 heteroatoms. The Morgan fingerprint density at radius 1 is 0.742 bits per heavy atom. The van der Waals surface area contributed by atoms with Gasteiger partial charge in [-0.3, -0.25) is 4.79 Å². The Morgan fingerprint density at radius 3 is 1.74 bits per heavy atom. The highest BCUT2D eigenvalue weighted by molar-refractivity contribution is 5.72. The summed E-state index contributed by atoms with van der Waals surface area (Å²) in [7, 11) is 0. The summed E-state index contributed by atoms with van der Waals surface area (Å²) in [5.41, 5.74) is 7.62. The van der Waals surface area contributed by atoms with Crippen LogP contribution in [-0.4, -0.2) is 6.29 Å². The fraction of sp³-hybridized carbons (Fsp3) is 0.367. The largest absolute Gasteiger partial charge is 0.298 e. The van der Waals surface area contributed by atoms with Crippen molar-refractivity contribution in [3.63, 3.8) is 0 Å². The summed E-state index contributed by atoms with van der Waals surface area (Å²) < 4.78 is 0. The zero-order valence-electron chi connectivity index (χ0n) is 20.5. The number of hydrogen-bond donors (Lipinski definition) is 0. The molecule has 0 bridgehead atoms. The maximum Gasteiger partial charge on any atom is 0.145 e. The first-order valence-corrected chi connectivity index (χ1v) is 11.2. The molecular formula is C30H40O. The molecule has 0 atom stereocenters. The number of carbonyl (C=O) groups is 1. The first kappa shape index (κ1) is 26.4. The average Bonchev–Trinajstić information content (AvgIpc) is 2.70. The molecule has 1 aliphatic rings. The molecule has 1 aliphatic carbocycles. The van der Waals surface area contributed by atoms with Gasteiger partial charge in [0.05, 0.1) is 0 Å². The van der Waals surface area contributed by atoms with Gasteiger partial charge in [-0.05, 0) is 70.4 Å². The van der Waals surface area contributed by atoms with E-state index >= 15 is 0 Å². The van der Waals surface area contributed by atoms with Gasteiger partial charge in [0.1, 0.15) is 6.29 Å². The van der Waals surface area contributed by atoms with Crippen LogP contribution in [0.4, 0.5) is 0 Å². The van der Waals surface area contributed by atoms with E-state index in [1.54, 1.807) is 6.92 Å². The molecule has 0 saturated heterocycles. The monoisotopic (exact) mass is 416 g/mol. The second-order valence-electron chi connectivity index (χ2n) is 9.13. The summed E-state index contributed by atoms with van der Waals surface area (Å²) >= 11 is 0. The fourth-order valence-electron chi connectivity index (χ4n) is 3.55. The normalized spacial score (nSPS) is 19.6. The molecule has 0 spiro atoms. The van der Waals surface area contributed by atoms with Crippen molar-refractivity contribution in [1.82, 2.24) is 0 Å². The van der Waals surface area contributed by atoms with E-state index in [0.29, 0.717) is 0 Å². The number of allylic oxidation sites excluding steroid dienone is 18. The molecule has 0 aromatic rings. The first-order valence-electron chi connectivity index (χ1n) is 11.2. The topological polar surface area (TPSA) is 17.1 Å². The molecule has 1 rings (SSSR count). The number of rotatable bonds is 9. The van der Waals surface area contributed by atoms with Crippen molar-refractivity contribution in [3.05, 3.63) is 106 Å². The molecule has 0 amide bonds. The van der Waals surface area contributed by atoms with Crippen molar-refractivity contribution in [1.29, 1.82) is 0 Å². The lowest BCUT2D eigenvalue weighted by molar-refractivity contribution is -0.104. The molecule has 0 N–H and O–H groups in total. The minimum Gasteiger partial charge on any atom is -0.298 e. The second-order valence-corrected chi connectivity index (χ2v) is 9.13. The van der Waals surface area contributed by atoms with Crippen LogP contribution in [0.2, 0.25) is 0 Å². The minimum atomic E-state index is 0.286. The van der Waals surface area contributed by atoms with E-state index in [0.717, 1.165) is 17.4 Å². The van der Waals surface area contributed by atoms with Crippen LogP contribution in [0, 0.1) is 5.41 Å². The van der Waals surface area contributed by atoms with Crippen molar-refractivity contribution in [2.24, 2.45) is 5.41 Å². The van der Waals surface area contributed by atoms with Crippen LogP contribution >= 0.6 is 0 Å². The van der Waals surface area contributed by atoms with Gasteiger partial charge in [0.25, 0.3) is 0 Å². The fourth-order valence-corrected chi connectivity index (χ4v) is 3.55. The SMILES string of the molecule is CC1=C(\C=C/C(C)=C/C=C\C(C)=C/C=C\C=C(C)\C=C/C=C(\C)C=O)C(C)(C)CCC1. The van der Waals surface area contributed by atoms with Crippen LogP contribution in [-0.2, 0) is 4.79 Å². The lowest BCUT2D eigenvalue weighted by atomic mass is 9.72. The van der Waals surface area contributed by atoms with E-state index in [2.05, 4.69) is 71.1 Å². The molecule has 0 unspecified atom stereocenters. The van der Waals surface area contributed by atoms with E-state index in [1.807, 2.05) is 43.4 Å². The van der Waals surface area contributed by atoms with Gasteiger partial charge >= 0.3 is 0 Å². The Morgan fingerprint density at radius 2 is 1.23 bits per heavy atom. The molecule has 0 radical (unpaired) electrons. The molecule has 0 aliphatic heterocycles. The van der Waals surface area contributed by atoms with Crippen LogP contribution in [0.25, 0.3) is 0 Å². The summed E-state index contributed by atoms with van der Waals surface area (Å²) in [5.74, 6) is 0. The predicted octanol–water partition coefficient (Wildman–Crippen LogP) is 8.72. The maximum absolute atomic E-state index is 10.6. The van der Waals surface area contributed by atoms with Crippen LogP contribution in [0.15, 0.2) is 106 Å². The van der Waals surface area contributed by atoms with Crippen molar-refractivity contribution >= 4 is 6.29 Å². The summed E-state index contributed by atoms with van der Waals surface area (Å²) in [6, 6.07) is 0. The van der Waals surface area contributed by atoms with Crippen LogP contribution < -0.4 is 0 Å². The van der Waals surface area contributed by atoms with E-state index in [1.165, 1.54) is 41.6 Å². The molecule has 1 nitrogen and oxygen atoms in total. The van der Waals surface area contributed by atoms with Gasteiger partial charge in [-0.1, -0.05) is 109 Å². The third-order valence-electron chi connectivity index (χ3n) is 5.51. The van der Waals surface area contributed by atoms with Crippen LogP contribution in [0.5, 0.6) is 0 Å². The molecule has 0 heterocycles. The minimum absolute atomic E-state index is 0.286. The number of hydrogen-bond acceptors (Lipinski definition) is 1. The summed E-state index contributed by atoms with van der Waals surface area (Å²) in [4.78, 5) is 10.6. The van der Waals surface area contributed by atoms with Crippen molar-refractivity contribution < 1.29 is 4.79 Å². The highest BCUT2D eigenvalue weighted by Gasteiger charge is 2.26. The Labute approximate surface area is 190 Å². The Hall–Kier alpha value is -2.67. The van der Waals surface area contributed by atoms with Crippen LogP contribution in [0.3, 0.4) is 0 Å². The third kappa shape index (κ3) is 10.8. The van der Waals surface area contributed by atoms with Crippen molar-refractivity contribution in [3.8, 4) is 0 Å². The lowest BCUT2D eigenvalue weighted by Crippen LogP contribution is -2.19. The van der Waals surface area contributed by atoms with Gasteiger partial charge in [-0.15, -0.1) is 0 Å². The molecule has 0 saturated carbocycles. The summed E-state index contributed by atoms with van der Waals surface area (Å²) in [5, 5.41) is 0. The van der Waals surface area contributed by atoms with Gasteiger partial charge in [0, 0.05) is 0 Å². The Kier molecular flexibility index (Phi) is 11.6. The standard InChI is InChI=1S/C30H40O/c1-24(13-8-9-14-25(2)16-11-18-27(4)23-31)15-10-17-26(3)20-21-29-28(5)19-12-22-30(29,6)7/h8-11,13-18,20-21,23H,12,19,22H2,1-7H3/b9-8-,15-10-,16-11-,21-20-,24-13-,25-14+,26-17+,27-18+. The molecular weight excluding hydrogens is 376 g/mol. The molecule has 31 heavy (non-hydrogen) atoms. The Bertz CT molecular complexity index is 887. The van der Waals surface area contributed by atoms with Crippen LogP contribution in [0.1, 0.15) is 67.7 Å². The third-order valence-corrected chi connectivity index (χ3v) is 5.51. The average molecular weight is 417 g/mol. The van der Waals surface area contributed by atoms with E-state index in [4.69, 9.17) is 0 Å². The maximum atomic E-state index is 10.6. The van der Waals surface area contributed by atoms with E-state index in [9.17, 15) is 4.79 Å². The zero-order chi connectivity index (χ0) is 23.3. The molecule has 0 aromatic heterocycles. The number of carbonyl (C=O) groups excluding carboxylic acids is 1. The van der Waals surface area contributed by atoms with Crippen molar-refractivity contribution in [2.75, 3.05) is 0 Å². The molecule has 0 fully saturated rings. The zero-order valence-corrected chi connectivity index (χ0v) is 20.5. The second kappa shape index (κ2) is 13.6.